The van der Waals surface area contributed by atoms with Crippen LogP contribution >= 0.6 is 0 Å². The van der Waals surface area contributed by atoms with Crippen molar-refractivity contribution in [3.63, 3.8) is 0 Å². The lowest BCUT2D eigenvalue weighted by Gasteiger charge is -2.07. The van der Waals surface area contributed by atoms with Gasteiger partial charge in [-0.15, -0.1) is 0 Å². The van der Waals surface area contributed by atoms with Gasteiger partial charge >= 0.3 is 5.97 Å². The van der Waals surface area contributed by atoms with E-state index in [0.29, 0.717) is 0 Å². The number of nitrogens with two attached hydrogens (primary N) is 1. The average molecular weight is 238 g/mol. The zero-order valence-electron chi connectivity index (χ0n) is 9.36. The van der Waals surface area contributed by atoms with E-state index in [1.54, 1.807) is 0 Å². The molecule has 90 valence electrons. The van der Waals surface area contributed by atoms with Crippen molar-refractivity contribution in [1.82, 2.24) is 0 Å². The van der Waals surface area contributed by atoms with Gasteiger partial charge in [-0.3, -0.25) is 4.79 Å². The summed E-state index contributed by atoms with van der Waals surface area (Å²) in [7, 11) is 1.16. The fourth-order valence-electron chi connectivity index (χ4n) is 1.29. The third-order valence-electron chi connectivity index (χ3n) is 1.95. The summed E-state index contributed by atoms with van der Waals surface area (Å²) in [5.41, 5.74) is 5.17. The van der Waals surface area contributed by atoms with Gasteiger partial charge in [0, 0.05) is 6.92 Å². The minimum Gasteiger partial charge on any atom is -0.465 e. The van der Waals surface area contributed by atoms with Crippen molar-refractivity contribution in [2.24, 2.45) is 10.7 Å². The second-order valence-electron chi connectivity index (χ2n) is 3.17. The molecule has 2 N–H and O–H groups in total. The molecule has 0 aliphatic rings. The number of halogens is 1. The fourth-order valence-corrected chi connectivity index (χ4v) is 1.29. The van der Waals surface area contributed by atoms with Gasteiger partial charge in [-0.25, -0.2) is 9.18 Å². The number of hydrogen-bond donors (Lipinski definition) is 1. The van der Waals surface area contributed by atoms with Crippen LogP contribution in [0.1, 0.15) is 22.8 Å². The van der Waals surface area contributed by atoms with Gasteiger partial charge in [0.2, 0.25) is 5.91 Å². The smallest absolute Gasteiger partial charge is 0.338 e. The first-order chi connectivity index (χ1) is 7.97. The van der Waals surface area contributed by atoms with Crippen molar-refractivity contribution in [2.45, 2.75) is 6.92 Å². The minimum absolute atomic E-state index is 0.0741. The second kappa shape index (κ2) is 5.20. The number of carbonyl (C=O) groups excluding carboxylic acids is 2. The summed E-state index contributed by atoms with van der Waals surface area (Å²) in [6, 6.07) is 3.79. The van der Waals surface area contributed by atoms with Crippen LogP contribution in [0.5, 0.6) is 0 Å². The molecule has 0 aliphatic heterocycles. The van der Waals surface area contributed by atoms with Crippen LogP contribution in [-0.4, -0.2) is 24.8 Å². The van der Waals surface area contributed by atoms with Gasteiger partial charge in [0.1, 0.15) is 11.7 Å². The summed E-state index contributed by atoms with van der Waals surface area (Å²) in [4.78, 5) is 25.6. The number of aliphatic imine (C=N–C) groups is 1. The fraction of sp³-hybridized carbons (Fsp3) is 0.182. The van der Waals surface area contributed by atoms with Crippen LogP contribution < -0.4 is 5.73 Å². The van der Waals surface area contributed by atoms with Crippen molar-refractivity contribution in [3.05, 3.63) is 35.1 Å². The molecule has 1 aromatic carbocycles. The third kappa shape index (κ3) is 2.87. The number of hydrogen-bond acceptors (Lipinski definition) is 3. The Morgan fingerprint density at radius 2 is 2.06 bits per heavy atom. The Balaban J connectivity index is 3.40. The number of carbonyl (C=O) groups is 2. The normalized spacial score (nSPS) is 11.1. The Morgan fingerprint density at radius 3 is 2.59 bits per heavy atom. The van der Waals surface area contributed by atoms with E-state index in [1.807, 2.05) is 0 Å². The topological polar surface area (TPSA) is 81.8 Å². The zero-order valence-corrected chi connectivity index (χ0v) is 9.36. The maximum Gasteiger partial charge on any atom is 0.338 e. The number of amides is 1. The summed E-state index contributed by atoms with van der Waals surface area (Å²) in [5.74, 6) is -2.42. The number of benzene rings is 1. The number of methoxy groups -OCH3 is 1. The highest BCUT2D eigenvalue weighted by Crippen LogP contribution is 2.14. The molecule has 0 aromatic heterocycles. The summed E-state index contributed by atoms with van der Waals surface area (Å²) >= 11 is 0. The predicted octanol–water partition coefficient (Wildman–Crippen LogP) is 0.864. The van der Waals surface area contributed by atoms with Gasteiger partial charge in [0.15, 0.2) is 0 Å². The Hall–Kier alpha value is -2.24. The molecule has 0 unspecified atom stereocenters. The van der Waals surface area contributed by atoms with E-state index in [2.05, 4.69) is 9.73 Å². The molecular weight excluding hydrogens is 227 g/mol. The summed E-state index contributed by atoms with van der Waals surface area (Å²) in [6.45, 7) is 1.17. The maximum atomic E-state index is 13.6. The summed E-state index contributed by atoms with van der Waals surface area (Å²) in [6.07, 6.45) is 0. The molecule has 1 amide bonds. The largest absolute Gasteiger partial charge is 0.465 e. The molecule has 0 saturated heterocycles. The van der Waals surface area contributed by atoms with Crippen LogP contribution in [0.15, 0.2) is 23.2 Å². The molecular formula is C11H11FN2O3. The highest BCUT2D eigenvalue weighted by atomic mass is 19.1. The number of amidine groups is 1. The zero-order chi connectivity index (χ0) is 13.0. The van der Waals surface area contributed by atoms with Crippen molar-refractivity contribution in [2.75, 3.05) is 7.11 Å². The Kier molecular flexibility index (Phi) is 3.92. The van der Waals surface area contributed by atoms with E-state index in [1.165, 1.54) is 19.1 Å². The minimum atomic E-state index is -0.749. The lowest BCUT2D eigenvalue weighted by molar-refractivity contribution is -0.115. The SMILES string of the molecule is COC(=O)c1cccc(F)c1C(N)=NC(C)=O. The van der Waals surface area contributed by atoms with E-state index in [9.17, 15) is 14.0 Å². The Bertz CT molecular complexity index is 497. The van der Waals surface area contributed by atoms with E-state index >= 15 is 0 Å². The molecule has 0 bridgehead atoms. The van der Waals surface area contributed by atoms with Gasteiger partial charge < -0.3 is 10.5 Å². The number of esters is 1. The lowest BCUT2D eigenvalue weighted by Crippen LogP contribution is -2.21. The van der Waals surface area contributed by atoms with Gasteiger partial charge in [-0.1, -0.05) is 6.07 Å². The second-order valence-corrected chi connectivity index (χ2v) is 3.17. The first kappa shape index (κ1) is 12.8. The van der Waals surface area contributed by atoms with Crippen LogP contribution in [0.25, 0.3) is 0 Å². The Labute approximate surface area is 97.1 Å². The summed E-state index contributed by atoms with van der Waals surface area (Å²) in [5, 5.41) is 0. The third-order valence-corrected chi connectivity index (χ3v) is 1.95. The van der Waals surface area contributed by atoms with Crippen molar-refractivity contribution < 1.29 is 18.7 Å². The number of nitrogens with zero attached hydrogens (tertiary/aromatic N) is 1. The molecule has 6 heteroatoms. The predicted molar refractivity (Wildman–Crippen MR) is 59.1 cm³/mol. The van der Waals surface area contributed by atoms with E-state index in [0.717, 1.165) is 13.2 Å². The first-order valence-corrected chi connectivity index (χ1v) is 4.69. The van der Waals surface area contributed by atoms with Crippen LogP contribution in [0.3, 0.4) is 0 Å². The maximum absolute atomic E-state index is 13.6. The number of ether oxygens (including phenoxy) is 1. The molecule has 0 aliphatic carbocycles. The molecule has 0 radical (unpaired) electrons. The molecule has 0 fully saturated rings. The Morgan fingerprint density at radius 1 is 1.41 bits per heavy atom. The molecule has 0 atom stereocenters. The van der Waals surface area contributed by atoms with Crippen molar-refractivity contribution in [1.29, 1.82) is 0 Å². The molecule has 5 nitrogen and oxygen atoms in total. The van der Waals surface area contributed by atoms with Gasteiger partial charge in [0.25, 0.3) is 0 Å². The van der Waals surface area contributed by atoms with Crippen molar-refractivity contribution in [3.8, 4) is 0 Å². The highest BCUT2D eigenvalue weighted by molar-refractivity contribution is 6.10. The van der Waals surface area contributed by atoms with Crippen LogP contribution in [0.4, 0.5) is 4.39 Å². The van der Waals surface area contributed by atoms with E-state index < -0.39 is 17.7 Å². The number of rotatable bonds is 2. The van der Waals surface area contributed by atoms with E-state index in [-0.39, 0.29) is 17.0 Å². The van der Waals surface area contributed by atoms with Crippen LogP contribution in [-0.2, 0) is 9.53 Å². The molecule has 0 saturated carbocycles. The average Bonchev–Trinajstić information content (AvgIpc) is 2.26. The van der Waals surface area contributed by atoms with E-state index in [4.69, 9.17) is 5.73 Å². The van der Waals surface area contributed by atoms with Crippen LogP contribution in [0, 0.1) is 5.82 Å². The van der Waals surface area contributed by atoms with Gasteiger partial charge in [-0.05, 0) is 12.1 Å². The summed E-state index contributed by atoms with van der Waals surface area (Å²) < 4.78 is 18.1. The molecule has 1 rings (SSSR count). The standard InChI is InChI=1S/C11H11FN2O3/c1-6(15)14-10(13)9-7(11(16)17-2)4-3-5-8(9)12/h3-5H,1-2H3,(H2,13,14,15). The van der Waals surface area contributed by atoms with Crippen molar-refractivity contribution >= 4 is 17.7 Å². The molecule has 0 spiro atoms. The lowest BCUT2D eigenvalue weighted by atomic mass is 10.1. The van der Waals surface area contributed by atoms with Gasteiger partial charge in [-0.2, -0.15) is 4.99 Å². The monoisotopic (exact) mass is 238 g/mol. The van der Waals surface area contributed by atoms with Crippen LogP contribution in [0.2, 0.25) is 0 Å². The molecule has 0 heterocycles. The quantitative estimate of drug-likeness (QED) is 0.470. The highest BCUT2D eigenvalue weighted by Gasteiger charge is 2.18. The molecule has 1 aromatic rings. The first-order valence-electron chi connectivity index (χ1n) is 4.69. The van der Waals surface area contributed by atoms with Gasteiger partial charge in [0.05, 0.1) is 18.2 Å². The molecule has 17 heavy (non-hydrogen) atoms.